The lowest BCUT2D eigenvalue weighted by molar-refractivity contribution is -0.310. The number of H-pyrrole nitrogens is 1. The number of hydrogen-bond acceptors (Lipinski definition) is 4. The lowest BCUT2D eigenvalue weighted by atomic mass is 9.99. The van der Waals surface area contributed by atoms with Crippen LogP contribution in [0.5, 0.6) is 0 Å². The van der Waals surface area contributed by atoms with E-state index in [1.807, 2.05) is 60.7 Å². The number of aromatic carboxylic acids is 1. The molecular formula is C18H12FNO5S. The predicted octanol–water partition coefficient (Wildman–Crippen LogP) is 3.07. The Balaban J connectivity index is 0.000000349. The molecule has 6 nitrogen and oxygen atoms in total. The molecule has 2 N–H and O–H groups in total. The molecule has 0 saturated carbocycles. The van der Waals surface area contributed by atoms with Gasteiger partial charge in [0.1, 0.15) is 0 Å². The molecule has 0 aliphatic rings. The number of carbonyl (C=O) groups is 1. The van der Waals surface area contributed by atoms with Gasteiger partial charge in [-0.2, -0.15) is 0 Å². The molecule has 8 heteroatoms. The molecule has 0 radical (unpaired) electrons. The van der Waals surface area contributed by atoms with Crippen LogP contribution in [0.1, 0.15) is 10.4 Å². The summed E-state index contributed by atoms with van der Waals surface area (Å²) in [5.74, 6) is -0.902. The van der Waals surface area contributed by atoms with Crippen LogP contribution in [0.25, 0.3) is 32.6 Å². The van der Waals surface area contributed by atoms with Crippen molar-refractivity contribution in [2.75, 3.05) is 0 Å². The SMILES string of the molecule is O=C(O)c1c2ccccc2[nH+]c2cc3ccccc3cc12.O=S(=O)([O-])F. The van der Waals surface area contributed by atoms with Crippen molar-refractivity contribution in [2.24, 2.45) is 0 Å². The maximum absolute atomic E-state index is 11.8. The molecule has 4 aromatic rings. The van der Waals surface area contributed by atoms with Crippen LogP contribution in [0, 0.1) is 0 Å². The van der Waals surface area contributed by atoms with Crippen molar-refractivity contribution in [3.8, 4) is 0 Å². The summed E-state index contributed by atoms with van der Waals surface area (Å²) in [6, 6.07) is 19.4. The lowest BCUT2D eigenvalue weighted by Crippen LogP contribution is -2.11. The Morgan fingerprint density at radius 2 is 1.46 bits per heavy atom. The van der Waals surface area contributed by atoms with Gasteiger partial charge in [0.25, 0.3) is 10.5 Å². The Bertz CT molecular complexity index is 1240. The highest BCUT2D eigenvalue weighted by Crippen LogP contribution is 2.27. The van der Waals surface area contributed by atoms with Crippen LogP contribution in [0.3, 0.4) is 0 Å². The molecule has 26 heavy (non-hydrogen) atoms. The Kier molecular flexibility index (Phi) is 4.54. The van der Waals surface area contributed by atoms with Crippen molar-refractivity contribution in [3.63, 3.8) is 0 Å². The summed E-state index contributed by atoms with van der Waals surface area (Å²) < 4.78 is 35.3. The molecule has 0 spiro atoms. The Morgan fingerprint density at radius 3 is 2.08 bits per heavy atom. The van der Waals surface area contributed by atoms with Gasteiger partial charge in [0, 0.05) is 12.1 Å². The van der Waals surface area contributed by atoms with Crippen LogP contribution in [-0.2, 0) is 10.5 Å². The van der Waals surface area contributed by atoms with Crippen LogP contribution < -0.4 is 4.98 Å². The number of aromatic amines is 1. The molecule has 3 aromatic carbocycles. The number of fused-ring (bicyclic) bond motifs is 3. The zero-order valence-electron chi connectivity index (χ0n) is 13.1. The monoisotopic (exact) mass is 373 g/mol. The third-order valence-corrected chi connectivity index (χ3v) is 3.83. The van der Waals surface area contributed by atoms with Gasteiger partial charge in [-0.25, -0.2) is 18.2 Å². The maximum atomic E-state index is 11.8. The van der Waals surface area contributed by atoms with Crippen molar-refractivity contribution in [1.82, 2.24) is 0 Å². The van der Waals surface area contributed by atoms with Crippen molar-refractivity contribution < 1.29 is 31.7 Å². The minimum Gasteiger partial charge on any atom is -0.722 e. The zero-order chi connectivity index (χ0) is 18.9. The molecule has 0 saturated heterocycles. The van der Waals surface area contributed by atoms with E-state index in [0.29, 0.717) is 5.56 Å². The molecule has 1 heterocycles. The number of rotatable bonds is 1. The van der Waals surface area contributed by atoms with E-state index in [2.05, 4.69) is 4.98 Å². The van der Waals surface area contributed by atoms with E-state index >= 15 is 0 Å². The topological polar surface area (TPSA) is 109 Å². The Hall–Kier alpha value is -3.10. The molecule has 0 bridgehead atoms. The number of para-hydroxylation sites is 1. The molecule has 132 valence electrons. The highest BCUT2D eigenvalue weighted by Gasteiger charge is 2.19. The smallest absolute Gasteiger partial charge is 0.337 e. The van der Waals surface area contributed by atoms with Crippen molar-refractivity contribution >= 4 is 49.1 Å². The Labute approximate surface area is 147 Å². The van der Waals surface area contributed by atoms with Gasteiger partial charge in [-0.05, 0) is 22.9 Å². The maximum Gasteiger partial charge on any atom is 0.337 e. The molecule has 0 atom stereocenters. The minimum absolute atomic E-state index is 0.352. The van der Waals surface area contributed by atoms with E-state index in [0.717, 1.165) is 32.6 Å². The molecule has 0 fully saturated rings. The van der Waals surface area contributed by atoms with E-state index in [9.17, 15) is 13.8 Å². The van der Waals surface area contributed by atoms with Gasteiger partial charge >= 0.3 is 5.97 Å². The summed E-state index contributed by atoms with van der Waals surface area (Å²) in [6.45, 7) is 0. The highest BCUT2D eigenvalue weighted by atomic mass is 32.3. The average molecular weight is 373 g/mol. The van der Waals surface area contributed by atoms with Crippen molar-refractivity contribution in [2.45, 2.75) is 0 Å². The van der Waals surface area contributed by atoms with E-state index in [4.69, 9.17) is 13.0 Å². The summed E-state index contributed by atoms with van der Waals surface area (Å²) >= 11 is 0. The fraction of sp³-hybridized carbons (Fsp3) is 0. The van der Waals surface area contributed by atoms with Crippen molar-refractivity contribution in [3.05, 3.63) is 66.2 Å². The summed E-state index contributed by atoms with van der Waals surface area (Å²) in [7, 11) is -5.42. The molecule has 1 aromatic heterocycles. The van der Waals surface area contributed by atoms with Gasteiger partial charge in [0.15, 0.2) is 0 Å². The average Bonchev–Trinajstić information content (AvgIpc) is 2.56. The van der Waals surface area contributed by atoms with Crippen LogP contribution in [-0.4, -0.2) is 24.0 Å². The van der Waals surface area contributed by atoms with Gasteiger partial charge in [-0.15, -0.1) is 3.89 Å². The fourth-order valence-electron chi connectivity index (χ4n) is 2.88. The Morgan fingerprint density at radius 1 is 0.923 bits per heavy atom. The summed E-state index contributed by atoms with van der Waals surface area (Å²) in [4.78, 5) is 15.1. The summed E-state index contributed by atoms with van der Waals surface area (Å²) in [5, 5.41) is 13.2. The third-order valence-electron chi connectivity index (χ3n) is 3.83. The first-order valence-electron chi connectivity index (χ1n) is 7.39. The first-order chi connectivity index (χ1) is 12.2. The lowest BCUT2D eigenvalue weighted by Gasteiger charge is -2.04. The van der Waals surface area contributed by atoms with Crippen LogP contribution >= 0.6 is 0 Å². The van der Waals surface area contributed by atoms with Gasteiger partial charge in [-0.3, -0.25) is 0 Å². The predicted molar refractivity (Wildman–Crippen MR) is 93.3 cm³/mol. The van der Waals surface area contributed by atoms with E-state index in [-0.39, 0.29) is 0 Å². The largest absolute Gasteiger partial charge is 0.722 e. The standard InChI is InChI=1S/C18H11NO2.FHO3S/c20-18(21)17-13-7-3-4-8-15(13)19-16-10-12-6-2-1-5-11(12)9-14(16)17;1-5(2,3)4/h1-10H,(H,20,21);(H,2,3,4). The zero-order valence-corrected chi connectivity index (χ0v) is 14.0. The second-order valence-electron chi connectivity index (χ2n) is 5.49. The normalized spacial score (nSPS) is 11.3. The summed E-state index contributed by atoms with van der Waals surface area (Å²) in [5.41, 5.74) is 2.02. The van der Waals surface area contributed by atoms with Crippen LogP contribution in [0.15, 0.2) is 60.7 Å². The molecular weight excluding hydrogens is 361 g/mol. The second kappa shape index (κ2) is 6.66. The van der Waals surface area contributed by atoms with Crippen molar-refractivity contribution in [1.29, 1.82) is 0 Å². The number of pyridine rings is 1. The van der Waals surface area contributed by atoms with E-state index < -0.39 is 16.5 Å². The van der Waals surface area contributed by atoms with E-state index in [1.54, 1.807) is 0 Å². The van der Waals surface area contributed by atoms with Crippen LogP contribution in [0.2, 0.25) is 0 Å². The number of halogens is 1. The number of nitrogens with one attached hydrogen (secondary N) is 1. The third kappa shape index (κ3) is 3.76. The molecule has 0 unspecified atom stereocenters. The second-order valence-corrected chi connectivity index (χ2v) is 6.27. The number of hydrogen-bond donors (Lipinski definition) is 1. The van der Waals surface area contributed by atoms with Gasteiger partial charge < -0.3 is 9.66 Å². The molecule has 0 amide bonds. The number of benzene rings is 3. The van der Waals surface area contributed by atoms with Crippen LogP contribution in [0.4, 0.5) is 3.89 Å². The van der Waals surface area contributed by atoms with Gasteiger partial charge in [0.2, 0.25) is 11.0 Å². The molecule has 0 aliphatic carbocycles. The molecule has 0 aliphatic heterocycles. The first-order valence-corrected chi connectivity index (χ1v) is 8.70. The van der Waals surface area contributed by atoms with Gasteiger partial charge in [-0.1, -0.05) is 36.4 Å². The first kappa shape index (κ1) is 17.7. The quantitative estimate of drug-likeness (QED) is 0.313. The van der Waals surface area contributed by atoms with Gasteiger partial charge in [0.05, 0.1) is 16.3 Å². The highest BCUT2D eigenvalue weighted by molar-refractivity contribution is 7.80. The minimum atomic E-state index is -5.42. The number of aromatic nitrogens is 1. The number of carboxylic acids is 1. The van der Waals surface area contributed by atoms with E-state index in [1.165, 1.54) is 0 Å². The summed E-state index contributed by atoms with van der Waals surface area (Å²) in [6.07, 6.45) is 0. The number of carboxylic acid groups (broad SMARTS) is 1. The fourth-order valence-corrected chi connectivity index (χ4v) is 2.88. The molecule has 4 rings (SSSR count).